The molecular formula is C27H16Cl4N4O2. The second-order valence-electron chi connectivity index (χ2n) is 8.06. The number of hydrogen-bond acceptors (Lipinski definition) is 3. The van der Waals surface area contributed by atoms with Crippen molar-refractivity contribution >= 4 is 80.6 Å². The zero-order chi connectivity index (χ0) is 26.1. The quantitative estimate of drug-likeness (QED) is 0.199. The largest absolute Gasteiger partial charge is 0.338 e. The van der Waals surface area contributed by atoms with Gasteiger partial charge < -0.3 is 15.6 Å². The van der Waals surface area contributed by atoms with E-state index in [0.717, 1.165) is 16.6 Å². The number of fused-ring (bicyclic) bond motifs is 1. The van der Waals surface area contributed by atoms with Crippen LogP contribution in [0, 0.1) is 0 Å². The number of carbonyl (C=O) groups is 2. The van der Waals surface area contributed by atoms with Crippen molar-refractivity contribution in [3.8, 4) is 11.4 Å². The number of carbonyl (C=O) groups excluding carboxylic acids is 2. The molecule has 0 aliphatic heterocycles. The molecular weight excluding hydrogens is 554 g/mol. The van der Waals surface area contributed by atoms with Gasteiger partial charge in [-0.1, -0.05) is 52.5 Å². The number of halogens is 4. The highest BCUT2D eigenvalue weighted by Gasteiger charge is 2.15. The Balaban J connectivity index is 1.32. The van der Waals surface area contributed by atoms with Crippen molar-refractivity contribution in [1.82, 2.24) is 9.97 Å². The average molecular weight is 570 g/mol. The van der Waals surface area contributed by atoms with Gasteiger partial charge in [0.15, 0.2) is 0 Å². The van der Waals surface area contributed by atoms with Crippen molar-refractivity contribution in [2.75, 3.05) is 10.6 Å². The molecule has 10 heteroatoms. The predicted molar refractivity (Wildman–Crippen MR) is 150 cm³/mol. The number of aromatic nitrogens is 2. The van der Waals surface area contributed by atoms with Gasteiger partial charge in [0.2, 0.25) is 0 Å². The number of imidazole rings is 1. The van der Waals surface area contributed by atoms with Gasteiger partial charge in [0.1, 0.15) is 5.82 Å². The molecule has 0 atom stereocenters. The van der Waals surface area contributed by atoms with E-state index in [9.17, 15) is 9.59 Å². The van der Waals surface area contributed by atoms with Crippen LogP contribution in [-0.2, 0) is 0 Å². The summed E-state index contributed by atoms with van der Waals surface area (Å²) in [6.07, 6.45) is 0. The van der Waals surface area contributed by atoms with Gasteiger partial charge in [-0.05, 0) is 72.8 Å². The van der Waals surface area contributed by atoms with Crippen LogP contribution in [0.3, 0.4) is 0 Å². The van der Waals surface area contributed by atoms with E-state index in [2.05, 4.69) is 20.6 Å². The first-order valence-corrected chi connectivity index (χ1v) is 12.4. The number of hydrogen-bond donors (Lipinski definition) is 3. The second kappa shape index (κ2) is 10.4. The Morgan fingerprint density at radius 3 is 2.00 bits per heavy atom. The zero-order valence-electron chi connectivity index (χ0n) is 18.8. The Hall–Kier alpha value is -3.55. The zero-order valence-corrected chi connectivity index (χ0v) is 21.8. The van der Waals surface area contributed by atoms with E-state index >= 15 is 0 Å². The van der Waals surface area contributed by atoms with Gasteiger partial charge in [0, 0.05) is 32.5 Å². The van der Waals surface area contributed by atoms with E-state index < -0.39 is 5.91 Å². The molecule has 184 valence electrons. The molecule has 0 fully saturated rings. The highest BCUT2D eigenvalue weighted by molar-refractivity contribution is 6.40. The molecule has 0 bridgehead atoms. The van der Waals surface area contributed by atoms with E-state index in [1.165, 1.54) is 0 Å². The maximum absolute atomic E-state index is 12.7. The minimum atomic E-state index is -0.410. The first kappa shape index (κ1) is 25.1. The molecule has 3 N–H and O–H groups in total. The highest BCUT2D eigenvalue weighted by atomic mass is 35.5. The molecule has 37 heavy (non-hydrogen) atoms. The molecule has 1 aromatic heterocycles. The number of anilines is 2. The maximum atomic E-state index is 12.7. The van der Waals surface area contributed by atoms with Gasteiger partial charge in [-0.25, -0.2) is 4.98 Å². The number of nitrogens with zero attached hydrogens (tertiary/aromatic N) is 1. The number of nitrogens with one attached hydrogen (secondary N) is 3. The van der Waals surface area contributed by atoms with Crippen LogP contribution in [0.5, 0.6) is 0 Å². The Morgan fingerprint density at radius 2 is 1.32 bits per heavy atom. The van der Waals surface area contributed by atoms with Gasteiger partial charge in [-0.3, -0.25) is 9.59 Å². The van der Waals surface area contributed by atoms with Crippen LogP contribution in [0.15, 0.2) is 78.9 Å². The summed E-state index contributed by atoms with van der Waals surface area (Å²) in [5, 5.41) is 6.94. The number of amides is 2. The van der Waals surface area contributed by atoms with E-state index in [1.54, 1.807) is 66.7 Å². The van der Waals surface area contributed by atoms with Crippen LogP contribution in [0.25, 0.3) is 22.4 Å². The number of aromatic amines is 1. The Bertz CT molecular complexity index is 1630. The lowest BCUT2D eigenvalue weighted by molar-refractivity contribution is 0.101. The minimum absolute atomic E-state index is 0.210. The molecule has 0 saturated carbocycles. The van der Waals surface area contributed by atoms with Gasteiger partial charge in [-0.2, -0.15) is 0 Å². The Labute approximate surface area is 231 Å². The van der Waals surface area contributed by atoms with Crippen molar-refractivity contribution in [3.63, 3.8) is 0 Å². The van der Waals surface area contributed by atoms with Crippen LogP contribution >= 0.6 is 46.4 Å². The summed E-state index contributed by atoms with van der Waals surface area (Å²) in [4.78, 5) is 33.1. The number of benzene rings is 4. The van der Waals surface area contributed by atoms with Gasteiger partial charge in [-0.15, -0.1) is 0 Å². The summed E-state index contributed by atoms with van der Waals surface area (Å²) in [7, 11) is 0. The third-order valence-electron chi connectivity index (χ3n) is 5.47. The molecule has 0 aliphatic rings. The van der Waals surface area contributed by atoms with Crippen molar-refractivity contribution in [3.05, 3.63) is 110 Å². The van der Waals surface area contributed by atoms with Crippen LogP contribution < -0.4 is 10.6 Å². The lowest BCUT2D eigenvalue weighted by atomic mass is 10.1. The molecule has 0 saturated heterocycles. The first-order chi connectivity index (χ1) is 17.8. The van der Waals surface area contributed by atoms with Crippen LogP contribution in [0.4, 0.5) is 11.4 Å². The summed E-state index contributed by atoms with van der Waals surface area (Å²) in [5.74, 6) is -0.104. The fourth-order valence-electron chi connectivity index (χ4n) is 3.73. The smallest absolute Gasteiger partial charge is 0.258 e. The van der Waals surface area contributed by atoms with Crippen molar-refractivity contribution in [2.24, 2.45) is 0 Å². The molecule has 5 aromatic rings. The average Bonchev–Trinajstić information content (AvgIpc) is 3.27. The SMILES string of the molecule is O=C(Nc1ccc(-c2nc3ccc(NC(=O)c4c(Cl)cccc4Cl)cc3[nH]2)cc1)c1cc(Cl)cc(Cl)c1. The van der Waals surface area contributed by atoms with E-state index in [0.29, 0.717) is 32.8 Å². The van der Waals surface area contributed by atoms with Gasteiger partial charge >= 0.3 is 0 Å². The molecule has 0 spiro atoms. The number of H-pyrrole nitrogens is 1. The Morgan fingerprint density at radius 1 is 0.703 bits per heavy atom. The molecule has 5 rings (SSSR count). The lowest BCUT2D eigenvalue weighted by Crippen LogP contribution is -2.13. The van der Waals surface area contributed by atoms with E-state index in [1.807, 2.05) is 12.1 Å². The third-order valence-corrected chi connectivity index (χ3v) is 6.54. The molecule has 0 radical (unpaired) electrons. The fourth-order valence-corrected chi connectivity index (χ4v) is 4.83. The van der Waals surface area contributed by atoms with Gasteiger partial charge in [0.25, 0.3) is 11.8 Å². The lowest BCUT2D eigenvalue weighted by Gasteiger charge is -2.08. The highest BCUT2D eigenvalue weighted by Crippen LogP contribution is 2.28. The minimum Gasteiger partial charge on any atom is -0.338 e. The maximum Gasteiger partial charge on any atom is 0.258 e. The third kappa shape index (κ3) is 5.58. The molecule has 4 aromatic carbocycles. The second-order valence-corrected chi connectivity index (χ2v) is 9.74. The number of rotatable bonds is 5. The van der Waals surface area contributed by atoms with Crippen molar-refractivity contribution < 1.29 is 9.59 Å². The molecule has 0 unspecified atom stereocenters. The van der Waals surface area contributed by atoms with Crippen LogP contribution in [0.1, 0.15) is 20.7 Å². The molecule has 2 amide bonds. The van der Waals surface area contributed by atoms with E-state index in [4.69, 9.17) is 46.4 Å². The van der Waals surface area contributed by atoms with Crippen molar-refractivity contribution in [1.29, 1.82) is 0 Å². The van der Waals surface area contributed by atoms with Gasteiger partial charge in [0.05, 0.1) is 26.6 Å². The summed E-state index contributed by atoms with van der Waals surface area (Å²) in [5.41, 5.74) is 3.99. The van der Waals surface area contributed by atoms with Crippen LogP contribution in [0.2, 0.25) is 20.1 Å². The van der Waals surface area contributed by atoms with E-state index in [-0.39, 0.29) is 21.5 Å². The first-order valence-electron chi connectivity index (χ1n) is 10.9. The van der Waals surface area contributed by atoms with Crippen molar-refractivity contribution in [2.45, 2.75) is 0 Å². The Kier molecular flexibility index (Phi) is 7.09. The summed E-state index contributed by atoms with van der Waals surface area (Å²) in [6.45, 7) is 0. The monoisotopic (exact) mass is 568 g/mol. The molecule has 1 heterocycles. The molecule has 0 aliphatic carbocycles. The molecule has 6 nitrogen and oxygen atoms in total. The van der Waals surface area contributed by atoms with Crippen LogP contribution in [-0.4, -0.2) is 21.8 Å². The summed E-state index contributed by atoms with van der Waals surface area (Å²) in [6, 6.07) is 22.1. The fraction of sp³-hybridized carbons (Fsp3) is 0. The normalized spacial score (nSPS) is 10.9. The summed E-state index contributed by atoms with van der Waals surface area (Å²) < 4.78 is 0. The predicted octanol–water partition coefficient (Wildman–Crippen LogP) is 8.35. The topological polar surface area (TPSA) is 86.9 Å². The standard InChI is InChI=1S/C27H16Cl4N4O2/c28-16-10-15(11-17(29)12-16)26(36)32-18-6-4-14(5-7-18)25-34-22-9-8-19(13-23(22)35-25)33-27(37)24-20(30)2-1-3-21(24)31/h1-13H,(H,32,36)(H,33,37)(H,34,35). The summed E-state index contributed by atoms with van der Waals surface area (Å²) >= 11 is 24.3.